The van der Waals surface area contributed by atoms with Gasteiger partial charge in [0.05, 0.1) is 12.7 Å². The standard InChI is InChI=1S/C27H30O16/c1-8-17(32)20(35)22(37)26(39-8)43-25-19(34)16-12(31)5-10(29)6-14(16)40-24(25)9-2-3-11(30)13(4-9)41-27-23(38)21(36)18(33)15(7-28)42-27/h2-6,8,15,17-18,20-23,26-33,35-38H,7H2,1H3/t8?,15?,17-,18+,20?,21-,22-,23?,26-,27+/m0/s1. The molecule has 16 heteroatoms. The Bertz CT molecular complexity index is 1540. The number of aliphatic hydroxyl groups is 7. The molecule has 10 atom stereocenters. The van der Waals surface area contributed by atoms with Gasteiger partial charge < -0.3 is 74.4 Å². The van der Waals surface area contributed by atoms with Gasteiger partial charge in [0.15, 0.2) is 17.3 Å². The van der Waals surface area contributed by atoms with Crippen molar-refractivity contribution in [3.05, 3.63) is 40.6 Å². The molecule has 16 nitrogen and oxygen atoms in total. The van der Waals surface area contributed by atoms with Crippen molar-refractivity contribution in [3.63, 3.8) is 0 Å². The van der Waals surface area contributed by atoms with Gasteiger partial charge in [-0.3, -0.25) is 4.79 Å². The van der Waals surface area contributed by atoms with E-state index in [-0.39, 0.29) is 11.1 Å². The molecule has 1 aromatic heterocycles. The molecule has 2 aromatic carbocycles. The van der Waals surface area contributed by atoms with Gasteiger partial charge in [0.2, 0.25) is 23.8 Å². The number of aliphatic hydroxyl groups excluding tert-OH is 7. The first-order chi connectivity index (χ1) is 20.3. The highest BCUT2D eigenvalue weighted by molar-refractivity contribution is 5.88. The van der Waals surface area contributed by atoms with E-state index in [1.54, 1.807) is 0 Å². The van der Waals surface area contributed by atoms with Crippen molar-refractivity contribution in [1.82, 2.24) is 0 Å². The largest absolute Gasteiger partial charge is 0.508 e. The second kappa shape index (κ2) is 11.8. The van der Waals surface area contributed by atoms with Gasteiger partial charge in [0.25, 0.3) is 0 Å². The quantitative estimate of drug-likeness (QED) is 0.144. The SMILES string of the molecule is CC1O[C@@H](Oc2c(-c3ccc(O)c(O[C@@H]4OC(CO)[C@@H](O)[C@H](O)C4O)c3)oc3cc(O)cc(O)c3c2=O)[C@@H](O)C(O)[C@H]1O. The minimum Gasteiger partial charge on any atom is -0.508 e. The molecule has 2 fully saturated rings. The number of phenolic OH excluding ortho intramolecular Hbond substituents is 3. The Morgan fingerprint density at radius 3 is 2.09 bits per heavy atom. The summed E-state index contributed by atoms with van der Waals surface area (Å²) < 4.78 is 27.8. The molecule has 4 unspecified atom stereocenters. The molecule has 0 bridgehead atoms. The molecule has 3 heterocycles. The predicted molar refractivity (Wildman–Crippen MR) is 140 cm³/mol. The van der Waals surface area contributed by atoms with Crippen LogP contribution in [0.4, 0.5) is 0 Å². The van der Waals surface area contributed by atoms with Crippen molar-refractivity contribution in [2.24, 2.45) is 0 Å². The van der Waals surface area contributed by atoms with E-state index < -0.39 is 113 Å². The lowest BCUT2D eigenvalue weighted by Gasteiger charge is -2.39. The summed E-state index contributed by atoms with van der Waals surface area (Å²) in [6, 6.07) is 5.36. The van der Waals surface area contributed by atoms with E-state index >= 15 is 0 Å². The summed E-state index contributed by atoms with van der Waals surface area (Å²) in [5.74, 6) is -3.09. The van der Waals surface area contributed by atoms with Crippen LogP contribution in [0.3, 0.4) is 0 Å². The molecule has 2 saturated heterocycles. The number of aromatic hydroxyl groups is 3. The van der Waals surface area contributed by atoms with Crippen LogP contribution in [0.5, 0.6) is 28.7 Å². The van der Waals surface area contributed by atoms with Crippen LogP contribution in [0.2, 0.25) is 0 Å². The van der Waals surface area contributed by atoms with E-state index in [4.69, 9.17) is 23.4 Å². The topological polar surface area (TPSA) is 269 Å². The minimum atomic E-state index is -1.84. The second-order valence-corrected chi connectivity index (χ2v) is 10.2. The van der Waals surface area contributed by atoms with Crippen molar-refractivity contribution in [2.75, 3.05) is 6.61 Å². The van der Waals surface area contributed by atoms with Gasteiger partial charge in [-0.1, -0.05) is 0 Å². The van der Waals surface area contributed by atoms with Gasteiger partial charge in [-0.15, -0.1) is 0 Å². The van der Waals surface area contributed by atoms with E-state index in [1.807, 2.05) is 0 Å². The van der Waals surface area contributed by atoms with Gasteiger partial charge in [-0.05, 0) is 25.1 Å². The number of benzene rings is 2. The second-order valence-electron chi connectivity index (χ2n) is 10.2. The number of hydrogen-bond donors (Lipinski definition) is 10. The Balaban J connectivity index is 1.60. The van der Waals surface area contributed by atoms with E-state index in [9.17, 15) is 55.9 Å². The summed E-state index contributed by atoms with van der Waals surface area (Å²) in [6.07, 6.45) is -16.1. The van der Waals surface area contributed by atoms with Crippen molar-refractivity contribution < 1.29 is 74.4 Å². The van der Waals surface area contributed by atoms with Crippen molar-refractivity contribution in [1.29, 1.82) is 0 Å². The summed E-state index contributed by atoms with van der Waals surface area (Å²) >= 11 is 0. The molecular weight excluding hydrogens is 580 g/mol. The Labute approximate surface area is 241 Å². The highest BCUT2D eigenvalue weighted by Gasteiger charge is 2.46. The van der Waals surface area contributed by atoms with Crippen LogP contribution in [-0.2, 0) is 9.47 Å². The average Bonchev–Trinajstić information content (AvgIpc) is 2.96. The van der Waals surface area contributed by atoms with Crippen LogP contribution < -0.4 is 14.9 Å². The smallest absolute Gasteiger partial charge is 0.239 e. The molecule has 2 aliphatic heterocycles. The fourth-order valence-corrected chi connectivity index (χ4v) is 4.83. The maximum atomic E-state index is 13.6. The first-order valence-corrected chi connectivity index (χ1v) is 13.0. The summed E-state index contributed by atoms with van der Waals surface area (Å²) in [6.45, 7) is 0.649. The number of phenols is 3. The molecule has 0 radical (unpaired) electrons. The minimum absolute atomic E-state index is 0.0480. The third-order valence-corrected chi connectivity index (χ3v) is 7.27. The highest BCUT2D eigenvalue weighted by Crippen LogP contribution is 2.40. The van der Waals surface area contributed by atoms with Gasteiger partial charge in [0.1, 0.15) is 65.2 Å². The van der Waals surface area contributed by atoms with Crippen LogP contribution in [0.1, 0.15) is 6.92 Å². The molecule has 5 rings (SSSR count). The molecule has 0 aliphatic carbocycles. The first kappa shape index (κ1) is 30.7. The summed E-state index contributed by atoms with van der Waals surface area (Å²) in [5, 5.41) is 101. The van der Waals surface area contributed by atoms with E-state index in [0.717, 1.165) is 24.3 Å². The third-order valence-electron chi connectivity index (χ3n) is 7.27. The number of hydrogen-bond acceptors (Lipinski definition) is 16. The molecule has 2 aliphatic rings. The fraction of sp³-hybridized carbons (Fsp3) is 0.444. The number of fused-ring (bicyclic) bond motifs is 1. The van der Waals surface area contributed by atoms with E-state index in [1.165, 1.54) is 13.0 Å². The maximum Gasteiger partial charge on any atom is 0.239 e. The van der Waals surface area contributed by atoms with Crippen LogP contribution in [0, 0.1) is 0 Å². The zero-order chi connectivity index (χ0) is 31.3. The van der Waals surface area contributed by atoms with Gasteiger partial charge in [-0.2, -0.15) is 0 Å². The monoisotopic (exact) mass is 610 g/mol. The van der Waals surface area contributed by atoms with Crippen molar-refractivity contribution in [2.45, 2.75) is 68.3 Å². The Hall–Kier alpha value is -3.71. The Morgan fingerprint density at radius 2 is 1.42 bits per heavy atom. The molecule has 43 heavy (non-hydrogen) atoms. The molecule has 0 amide bonds. The van der Waals surface area contributed by atoms with Crippen molar-refractivity contribution in [3.8, 4) is 40.1 Å². The van der Waals surface area contributed by atoms with Crippen molar-refractivity contribution >= 4 is 11.0 Å². The fourth-order valence-electron chi connectivity index (χ4n) is 4.83. The highest BCUT2D eigenvalue weighted by atomic mass is 16.7. The predicted octanol–water partition coefficient (Wildman–Crippen LogP) is -2.04. The summed E-state index contributed by atoms with van der Waals surface area (Å²) in [4.78, 5) is 13.6. The molecule has 0 saturated carbocycles. The lowest BCUT2D eigenvalue weighted by Crippen LogP contribution is -2.60. The number of ether oxygens (including phenoxy) is 4. The Morgan fingerprint density at radius 1 is 0.767 bits per heavy atom. The summed E-state index contributed by atoms with van der Waals surface area (Å²) in [5.41, 5.74) is -1.35. The Kier molecular flexibility index (Phi) is 8.41. The molecule has 0 spiro atoms. The lowest BCUT2D eigenvalue weighted by molar-refractivity contribution is -0.277. The molecule has 10 N–H and O–H groups in total. The van der Waals surface area contributed by atoms with Crippen LogP contribution in [0.25, 0.3) is 22.3 Å². The lowest BCUT2D eigenvalue weighted by atomic mass is 9.99. The van der Waals surface area contributed by atoms with Crippen LogP contribution in [-0.4, -0.2) is 119 Å². The third kappa shape index (κ3) is 5.55. The first-order valence-electron chi connectivity index (χ1n) is 13.0. The normalized spacial score (nSPS) is 32.9. The molecular formula is C27H30O16. The zero-order valence-electron chi connectivity index (χ0n) is 22.3. The van der Waals surface area contributed by atoms with Gasteiger partial charge >= 0.3 is 0 Å². The van der Waals surface area contributed by atoms with E-state index in [2.05, 4.69) is 0 Å². The van der Waals surface area contributed by atoms with Gasteiger partial charge in [-0.25, -0.2) is 0 Å². The number of rotatable bonds is 6. The van der Waals surface area contributed by atoms with Crippen LogP contribution >= 0.6 is 0 Å². The molecule has 3 aromatic rings. The van der Waals surface area contributed by atoms with Crippen LogP contribution in [0.15, 0.2) is 39.5 Å². The van der Waals surface area contributed by atoms with Gasteiger partial charge in [0, 0.05) is 17.7 Å². The van der Waals surface area contributed by atoms with E-state index in [0.29, 0.717) is 0 Å². The summed E-state index contributed by atoms with van der Waals surface area (Å²) in [7, 11) is 0. The maximum absolute atomic E-state index is 13.6. The zero-order valence-corrected chi connectivity index (χ0v) is 22.3. The average molecular weight is 611 g/mol. The molecule has 234 valence electrons.